The number of methoxy groups -OCH3 is 1. The number of nitrogens with one attached hydrogen (secondary N) is 1. The summed E-state index contributed by atoms with van der Waals surface area (Å²) in [6.07, 6.45) is 0.895. The van der Waals surface area contributed by atoms with E-state index >= 15 is 0 Å². The molecule has 0 bridgehead atoms. The molecule has 146 valence electrons. The molecule has 0 aliphatic rings. The van der Waals surface area contributed by atoms with Crippen molar-refractivity contribution in [3.05, 3.63) is 71.4 Å². The van der Waals surface area contributed by atoms with Crippen LogP contribution in [0.25, 0.3) is 0 Å². The zero-order valence-electron chi connectivity index (χ0n) is 17.1. The lowest BCUT2D eigenvalue weighted by molar-refractivity contribution is 0.414. The van der Waals surface area contributed by atoms with Gasteiger partial charge in [0.25, 0.3) is 0 Å². The number of aryl methyl sites for hydroxylation is 2. The van der Waals surface area contributed by atoms with Crippen molar-refractivity contribution in [2.24, 2.45) is 0 Å². The van der Waals surface area contributed by atoms with Crippen LogP contribution in [0.1, 0.15) is 23.7 Å². The molecule has 5 heteroatoms. The van der Waals surface area contributed by atoms with Gasteiger partial charge < -0.3 is 15.0 Å². The van der Waals surface area contributed by atoms with Gasteiger partial charge in [-0.2, -0.15) is 4.98 Å². The Morgan fingerprint density at radius 1 is 1.00 bits per heavy atom. The molecule has 2 aromatic carbocycles. The largest absolute Gasteiger partial charge is 0.497 e. The average Bonchev–Trinajstić information content (AvgIpc) is 2.69. The van der Waals surface area contributed by atoms with Gasteiger partial charge in [0.05, 0.1) is 7.11 Å². The monoisotopic (exact) mass is 376 g/mol. The maximum atomic E-state index is 5.21. The fraction of sp³-hybridized carbons (Fsp3) is 0.304. The summed E-state index contributed by atoms with van der Waals surface area (Å²) in [6, 6.07) is 18.6. The maximum absolute atomic E-state index is 5.21. The summed E-state index contributed by atoms with van der Waals surface area (Å²) in [4.78, 5) is 11.5. The van der Waals surface area contributed by atoms with Crippen molar-refractivity contribution in [1.82, 2.24) is 9.97 Å². The highest BCUT2D eigenvalue weighted by molar-refractivity contribution is 5.61. The van der Waals surface area contributed by atoms with Crippen molar-refractivity contribution in [2.75, 3.05) is 30.4 Å². The van der Waals surface area contributed by atoms with Crippen LogP contribution in [0.3, 0.4) is 0 Å². The third-order valence-corrected chi connectivity index (χ3v) is 4.60. The van der Waals surface area contributed by atoms with Crippen LogP contribution in [0, 0.1) is 13.8 Å². The Bertz CT molecular complexity index is 909. The molecule has 0 radical (unpaired) electrons. The second-order valence-electron chi connectivity index (χ2n) is 6.80. The Kier molecular flexibility index (Phi) is 6.48. The number of anilines is 3. The molecule has 3 aromatic rings. The van der Waals surface area contributed by atoms with E-state index in [9.17, 15) is 0 Å². The SMILES string of the molecule is CCN(c1cccc(C)c1)c1cc(C)nc(NCCc2ccc(OC)cc2)n1. The molecule has 3 rings (SSSR count). The van der Waals surface area contributed by atoms with E-state index in [4.69, 9.17) is 9.72 Å². The quantitative estimate of drug-likeness (QED) is 0.605. The van der Waals surface area contributed by atoms with Gasteiger partial charge in [0.2, 0.25) is 5.95 Å². The van der Waals surface area contributed by atoms with Gasteiger partial charge in [-0.05, 0) is 62.6 Å². The summed E-state index contributed by atoms with van der Waals surface area (Å²) < 4.78 is 5.21. The Balaban J connectivity index is 1.71. The molecule has 0 amide bonds. The number of rotatable bonds is 8. The molecular formula is C23H28N4O. The van der Waals surface area contributed by atoms with E-state index in [-0.39, 0.29) is 0 Å². The van der Waals surface area contributed by atoms with Crippen LogP contribution in [0.15, 0.2) is 54.6 Å². The first-order chi connectivity index (χ1) is 13.6. The summed E-state index contributed by atoms with van der Waals surface area (Å²) in [5, 5.41) is 3.36. The number of hydrogen-bond donors (Lipinski definition) is 1. The predicted molar refractivity (Wildman–Crippen MR) is 116 cm³/mol. The average molecular weight is 377 g/mol. The Labute approximate surface area is 167 Å². The van der Waals surface area contributed by atoms with Crippen LogP contribution in [0.4, 0.5) is 17.5 Å². The van der Waals surface area contributed by atoms with Gasteiger partial charge in [-0.3, -0.25) is 0 Å². The molecule has 0 aliphatic carbocycles. The number of benzene rings is 2. The smallest absolute Gasteiger partial charge is 0.224 e. The van der Waals surface area contributed by atoms with Crippen LogP contribution in [0.5, 0.6) is 5.75 Å². The zero-order valence-corrected chi connectivity index (χ0v) is 17.1. The van der Waals surface area contributed by atoms with Crippen LogP contribution in [-0.4, -0.2) is 30.2 Å². The fourth-order valence-electron chi connectivity index (χ4n) is 3.15. The van der Waals surface area contributed by atoms with Gasteiger partial charge in [-0.25, -0.2) is 4.98 Å². The van der Waals surface area contributed by atoms with Crippen LogP contribution in [-0.2, 0) is 6.42 Å². The van der Waals surface area contributed by atoms with Gasteiger partial charge in [-0.15, -0.1) is 0 Å². The first kappa shape index (κ1) is 19.7. The van der Waals surface area contributed by atoms with Crippen molar-refractivity contribution in [3.63, 3.8) is 0 Å². The summed E-state index contributed by atoms with van der Waals surface area (Å²) in [5.74, 6) is 2.45. The van der Waals surface area contributed by atoms with Crippen molar-refractivity contribution in [1.29, 1.82) is 0 Å². The molecule has 5 nitrogen and oxygen atoms in total. The van der Waals surface area contributed by atoms with E-state index in [1.54, 1.807) is 7.11 Å². The highest BCUT2D eigenvalue weighted by Gasteiger charge is 2.11. The second kappa shape index (κ2) is 9.22. The Hall–Kier alpha value is -3.08. The summed E-state index contributed by atoms with van der Waals surface area (Å²) in [6.45, 7) is 7.85. The molecule has 0 spiro atoms. The molecule has 0 atom stereocenters. The van der Waals surface area contributed by atoms with E-state index in [1.807, 2.05) is 25.1 Å². The van der Waals surface area contributed by atoms with Gasteiger partial charge in [-0.1, -0.05) is 24.3 Å². The van der Waals surface area contributed by atoms with E-state index in [0.29, 0.717) is 5.95 Å². The molecule has 0 unspecified atom stereocenters. The molecule has 1 aromatic heterocycles. The molecule has 0 saturated carbocycles. The predicted octanol–water partition coefficient (Wildman–Crippen LogP) is 4.91. The molecular weight excluding hydrogens is 348 g/mol. The second-order valence-corrected chi connectivity index (χ2v) is 6.80. The lowest BCUT2D eigenvalue weighted by Crippen LogP contribution is -2.19. The summed E-state index contributed by atoms with van der Waals surface area (Å²) >= 11 is 0. The number of ether oxygens (including phenoxy) is 1. The Morgan fingerprint density at radius 2 is 1.79 bits per heavy atom. The fourth-order valence-corrected chi connectivity index (χ4v) is 3.15. The van der Waals surface area contributed by atoms with Crippen molar-refractivity contribution >= 4 is 17.5 Å². The van der Waals surface area contributed by atoms with Crippen molar-refractivity contribution in [3.8, 4) is 5.75 Å². The van der Waals surface area contributed by atoms with Crippen LogP contribution in [0.2, 0.25) is 0 Å². The molecule has 0 saturated heterocycles. The lowest BCUT2D eigenvalue weighted by Gasteiger charge is -2.23. The minimum atomic E-state index is 0.662. The summed E-state index contributed by atoms with van der Waals surface area (Å²) in [7, 11) is 1.68. The third kappa shape index (κ3) is 5.00. The van der Waals surface area contributed by atoms with Crippen LogP contribution >= 0.6 is 0 Å². The van der Waals surface area contributed by atoms with Gasteiger partial charge in [0.15, 0.2) is 0 Å². The minimum Gasteiger partial charge on any atom is -0.497 e. The normalized spacial score (nSPS) is 10.6. The molecule has 0 aliphatic heterocycles. The summed E-state index contributed by atoms with van der Waals surface area (Å²) in [5.41, 5.74) is 4.57. The number of hydrogen-bond acceptors (Lipinski definition) is 5. The molecule has 1 heterocycles. The molecule has 0 fully saturated rings. The highest BCUT2D eigenvalue weighted by atomic mass is 16.5. The first-order valence-corrected chi connectivity index (χ1v) is 9.65. The number of aromatic nitrogens is 2. The third-order valence-electron chi connectivity index (χ3n) is 4.60. The standard InChI is InChI=1S/C23H28N4O/c1-5-27(20-8-6-7-17(2)15-20)22-16-18(3)25-23(26-22)24-14-13-19-9-11-21(28-4)12-10-19/h6-12,15-16H,5,13-14H2,1-4H3,(H,24,25,26). The first-order valence-electron chi connectivity index (χ1n) is 9.65. The topological polar surface area (TPSA) is 50.3 Å². The van der Waals surface area contributed by atoms with Crippen molar-refractivity contribution in [2.45, 2.75) is 27.2 Å². The van der Waals surface area contributed by atoms with Crippen LogP contribution < -0.4 is 15.0 Å². The van der Waals surface area contributed by atoms with Gasteiger partial charge >= 0.3 is 0 Å². The lowest BCUT2D eigenvalue weighted by atomic mass is 10.1. The van der Waals surface area contributed by atoms with Crippen molar-refractivity contribution < 1.29 is 4.74 Å². The minimum absolute atomic E-state index is 0.662. The highest BCUT2D eigenvalue weighted by Crippen LogP contribution is 2.25. The van der Waals surface area contributed by atoms with E-state index < -0.39 is 0 Å². The zero-order chi connectivity index (χ0) is 19.9. The van der Waals surface area contributed by atoms with Gasteiger partial charge in [0, 0.05) is 30.5 Å². The van der Waals surface area contributed by atoms with E-state index in [1.165, 1.54) is 11.1 Å². The number of nitrogens with zero attached hydrogens (tertiary/aromatic N) is 3. The Morgan fingerprint density at radius 3 is 2.46 bits per heavy atom. The van der Waals surface area contributed by atoms with E-state index in [2.05, 4.69) is 65.4 Å². The maximum Gasteiger partial charge on any atom is 0.224 e. The molecule has 1 N–H and O–H groups in total. The van der Waals surface area contributed by atoms with E-state index in [0.717, 1.165) is 42.5 Å². The van der Waals surface area contributed by atoms with Gasteiger partial charge in [0.1, 0.15) is 11.6 Å². The molecule has 28 heavy (non-hydrogen) atoms.